The van der Waals surface area contributed by atoms with Gasteiger partial charge in [0.05, 0.1) is 23.9 Å². The Labute approximate surface area is 168 Å². The van der Waals surface area contributed by atoms with Crippen LogP contribution >= 0.6 is 11.8 Å². The SMILES string of the molecule is COc1ccc(-n2ncc3c(=O)[nH]c(SCc4ccc([N+](=O)[O-])cc4)nc32)cc1. The molecule has 29 heavy (non-hydrogen) atoms. The molecule has 10 heteroatoms. The average molecular weight is 409 g/mol. The van der Waals surface area contributed by atoms with Crippen molar-refractivity contribution in [1.29, 1.82) is 0 Å². The second kappa shape index (κ2) is 7.76. The summed E-state index contributed by atoms with van der Waals surface area (Å²) in [5.41, 5.74) is 1.85. The maximum atomic E-state index is 12.4. The summed E-state index contributed by atoms with van der Waals surface area (Å²) in [6, 6.07) is 13.5. The Morgan fingerprint density at radius 1 is 1.17 bits per heavy atom. The van der Waals surface area contributed by atoms with E-state index in [1.54, 1.807) is 36.1 Å². The van der Waals surface area contributed by atoms with E-state index in [2.05, 4.69) is 15.1 Å². The Morgan fingerprint density at radius 3 is 2.55 bits per heavy atom. The summed E-state index contributed by atoms with van der Waals surface area (Å²) in [6.45, 7) is 0. The summed E-state index contributed by atoms with van der Waals surface area (Å²) in [6.07, 6.45) is 1.48. The van der Waals surface area contributed by atoms with Gasteiger partial charge in [0.15, 0.2) is 10.8 Å². The lowest BCUT2D eigenvalue weighted by Gasteiger charge is -2.06. The van der Waals surface area contributed by atoms with Crippen molar-refractivity contribution in [3.05, 3.63) is 80.8 Å². The number of hydrogen-bond donors (Lipinski definition) is 1. The van der Waals surface area contributed by atoms with E-state index in [9.17, 15) is 14.9 Å². The molecule has 2 aromatic carbocycles. The maximum Gasteiger partial charge on any atom is 0.269 e. The van der Waals surface area contributed by atoms with Gasteiger partial charge < -0.3 is 9.72 Å². The van der Waals surface area contributed by atoms with Crippen LogP contribution in [0.3, 0.4) is 0 Å². The third-order valence-corrected chi connectivity index (χ3v) is 5.20. The van der Waals surface area contributed by atoms with Crippen LogP contribution in [0.2, 0.25) is 0 Å². The maximum absolute atomic E-state index is 12.4. The highest BCUT2D eigenvalue weighted by atomic mass is 32.2. The number of aromatic nitrogens is 4. The summed E-state index contributed by atoms with van der Waals surface area (Å²) in [7, 11) is 1.59. The van der Waals surface area contributed by atoms with Gasteiger partial charge in [-0.25, -0.2) is 9.67 Å². The van der Waals surface area contributed by atoms with Crippen LogP contribution in [0.4, 0.5) is 5.69 Å². The fourth-order valence-corrected chi connectivity index (χ4v) is 3.56. The van der Waals surface area contributed by atoms with Gasteiger partial charge in [0.2, 0.25) is 0 Å². The molecule has 0 radical (unpaired) electrons. The Hall–Kier alpha value is -3.66. The molecular formula is C19H15N5O4S. The number of methoxy groups -OCH3 is 1. The van der Waals surface area contributed by atoms with Crippen molar-refractivity contribution in [2.24, 2.45) is 0 Å². The first-order valence-corrected chi connectivity index (χ1v) is 9.52. The van der Waals surface area contributed by atoms with Crippen LogP contribution in [0.1, 0.15) is 5.56 Å². The van der Waals surface area contributed by atoms with Gasteiger partial charge in [0.25, 0.3) is 11.2 Å². The Bertz CT molecular complexity index is 1230. The number of aromatic amines is 1. The number of benzene rings is 2. The van der Waals surface area contributed by atoms with Crippen LogP contribution < -0.4 is 10.3 Å². The molecule has 0 amide bonds. The minimum atomic E-state index is -0.440. The molecular weight excluding hydrogens is 394 g/mol. The second-order valence-electron chi connectivity index (χ2n) is 6.07. The highest BCUT2D eigenvalue weighted by Crippen LogP contribution is 2.23. The Morgan fingerprint density at radius 2 is 1.90 bits per heavy atom. The van der Waals surface area contributed by atoms with Gasteiger partial charge in [-0.1, -0.05) is 23.9 Å². The molecule has 0 bridgehead atoms. The molecule has 2 heterocycles. The van der Waals surface area contributed by atoms with Crippen LogP contribution in [0.5, 0.6) is 5.75 Å². The van der Waals surface area contributed by atoms with Crippen LogP contribution in [-0.2, 0) is 5.75 Å². The van der Waals surface area contributed by atoms with Crippen LogP contribution in [-0.4, -0.2) is 31.8 Å². The second-order valence-corrected chi connectivity index (χ2v) is 7.04. The number of nitro groups is 1. The molecule has 0 aliphatic rings. The molecule has 0 saturated carbocycles. The van der Waals surface area contributed by atoms with Crippen molar-refractivity contribution in [1.82, 2.24) is 19.7 Å². The smallest absolute Gasteiger partial charge is 0.269 e. The van der Waals surface area contributed by atoms with E-state index in [1.165, 1.54) is 30.1 Å². The van der Waals surface area contributed by atoms with Gasteiger partial charge >= 0.3 is 0 Å². The standard InChI is InChI=1S/C19H15N5O4S/c1-28-15-8-6-13(7-9-15)23-17-16(10-20-23)18(25)22-19(21-17)29-11-12-2-4-14(5-3-12)24(26)27/h2-10H,11H2,1H3,(H,21,22,25). The molecule has 4 aromatic rings. The summed E-state index contributed by atoms with van der Waals surface area (Å²) in [5.74, 6) is 1.22. The summed E-state index contributed by atoms with van der Waals surface area (Å²) >= 11 is 1.33. The van der Waals surface area contributed by atoms with Crippen molar-refractivity contribution in [3.8, 4) is 11.4 Å². The molecule has 146 valence electrons. The normalized spacial score (nSPS) is 10.9. The zero-order valence-corrected chi connectivity index (χ0v) is 16.0. The third-order valence-electron chi connectivity index (χ3n) is 4.26. The Balaban J connectivity index is 1.61. The number of ether oxygens (including phenoxy) is 1. The van der Waals surface area contributed by atoms with Gasteiger partial charge in [0.1, 0.15) is 11.1 Å². The van der Waals surface area contributed by atoms with Gasteiger partial charge in [0, 0.05) is 17.9 Å². The van der Waals surface area contributed by atoms with E-state index in [1.807, 2.05) is 12.1 Å². The van der Waals surface area contributed by atoms with Crippen LogP contribution in [0, 0.1) is 10.1 Å². The summed E-state index contributed by atoms with van der Waals surface area (Å²) < 4.78 is 6.76. The number of thioether (sulfide) groups is 1. The molecule has 2 aromatic heterocycles. The molecule has 9 nitrogen and oxygen atoms in total. The fraction of sp³-hybridized carbons (Fsp3) is 0.105. The Kier molecular flexibility index (Phi) is 5.00. The number of nitrogens with one attached hydrogen (secondary N) is 1. The van der Waals surface area contributed by atoms with Crippen molar-refractivity contribution in [2.45, 2.75) is 10.9 Å². The molecule has 0 unspecified atom stereocenters. The number of hydrogen-bond acceptors (Lipinski definition) is 7. The highest BCUT2D eigenvalue weighted by Gasteiger charge is 2.12. The monoisotopic (exact) mass is 409 g/mol. The first-order chi connectivity index (χ1) is 14.0. The van der Waals surface area contributed by atoms with Gasteiger partial charge in [-0.15, -0.1) is 0 Å². The van der Waals surface area contributed by atoms with Gasteiger partial charge in [-0.3, -0.25) is 14.9 Å². The number of nitro benzene ring substituents is 1. The van der Waals surface area contributed by atoms with Gasteiger partial charge in [-0.2, -0.15) is 5.10 Å². The van der Waals surface area contributed by atoms with Crippen molar-refractivity contribution >= 4 is 28.5 Å². The lowest BCUT2D eigenvalue weighted by molar-refractivity contribution is -0.384. The van der Waals surface area contributed by atoms with E-state index in [4.69, 9.17) is 4.74 Å². The van der Waals surface area contributed by atoms with Crippen LogP contribution in [0.25, 0.3) is 16.7 Å². The molecule has 0 spiro atoms. The van der Waals surface area contributed by atoms with E-state index < -0.39 is 4.92 Å². The quantitative estimate of drug-likeness (QED) is 0.225. The number of non-ortho nitro benzene ring substituents is 1. The zero-order valence-electron chi connectivity index (χ0n) is 15.2. The molecule has 0 aliphatic heterocycles. The van der Waals surface area contributed by atoms with Crippen molar-refractivity contribution in [2.75, 3.05) is 7.11 Å². The minimum absolute atomic E-state index is 0.0371. The largest absolute Gasteiger partial charge is 0.497 e. The first kappa shape index (κ1) is 18.7. The lowest BCUT2D eigenvalue weighted by atomic mass is 10.2. The third kappa shape index (κ3) is 3.83. The number of H-pyrrole nitrogens is 1. The molecule has 0 fully saturated rings. The van der Waals surface area contributed by atoms with E-state index >= 15 is 0 Å². The highest BCUT2D eigenvalue weighted by molar-refractivity contribution is 7.98. The fourth-order valence-electron chi connectivity index (χ4n) is 2.74. The summed E-state index contributed by atoms with van der Waals surface area (Å²) in [5, 5.41) is 15.9. The van der Waals surface area contributed by atoms with Crippen molar-refractivity contribution < 1.29 is 9.66 Å². The number of nitrogens with zero attached hydrogens (tertiary/aromatic N) is 4. The molecule has 0 saturated heterocycles. The molecule has 1 N–H and O–H groups in total. The van der Waals surface area contributed by atoms with Crippen molar-refractivity contribution in [3.63, 3.8) is 0 Å². The number of rotatable bonds is 6. The lowest BCUT2D eigenvalue weighted by Crippen LogP contribution is -2.09. The minimum Gasteiger partial charge on any atom is -0.497 e. The van der Waals surface area contributed by atoms with E-state index in [0.29, 0.717) is 21.9 Å². The predicted octanol–water partition coefficient (Wildman–Crippen LogP) is 3.32. The van der Waals surface area contributed by atoms with Crippen LogP contribution in [0.15, 0.2) is 64.7 Å². The summed E-state index contributed by atoms with van der Waals surface area (Å²) in [4.78, 5) is 30.0. The number of fused-ring (bicyclic) bond motifs is 1. The first-order valence-electron chi connectivity index (χ1n) is 8.54. The molecule has 4 rings (SSSR count). The van der Waals surface area contributed by atoms with Gasteiger partial charge in [-0.05, 0) is 29.8 Å². The molecule has 0 atom stereocenters. The van der Waals surface area contributed by atoms with E-state index in [0.717, 1.165) is 17.0 Å². The van der Waals surface area contributed by atoms with E-state index in [-0.39, 0.29) is 11.2 Å². The molecule has 0 aliphatic carbocycles. The zero-order chi connectivity index (χ0) is 20.4. The predicted molar refractivity (Wildman–Crippen MR) is 109 cm³/mol. The average Bonchev–Trinajstić information content (AvgIpc) is 3.17. The topological polar surface area (TPSA) is 116 Å².